The third-order valence-corrected chi connectivity index (χ3v) is 2.26. The molecule has 64 valence electrons. The van der Waals surface area contributed by atoms with Crippen LogP contribution in [0.2, 0.25) is 0 Å². The summed E-state index contributed by atoms with van der Waals surface area (Å²) in [5.74, 6) is 0. The molecule has 1 saturated heterocycles. The summed E-state index contributed by atoms with van der Waals surface area (Å²) in [6.45, 7) is 0.910. The zero-order chi connectivity index (χ0) is 8.23. The van der Waals surface area contributed by atoms with Gasteiger partial charge in [0.25, 0.3) is 0 Å². The van der Waals surface area contributed by atoms with Crippen LogP contribution in [0, 0.1) is 0 Å². The smallest absolute Gasteiger partial charge is 0.0826 e. The summed E-state index contributed by atoms with van der Waals surface area (Å²) in [5.41, 5.74) is 1.27. The Balaban J connectivity index is 2.08. The fourth-order valence-corrected chi connectivity index (χ4v) is 1.58. The van der Waals surface area contributed by atoms with Gasteiger partial charge in [0.2, 0.25) is 0 Å². The van der Waals surface area contributed by atoms with Crippen molar-refractivity contribution in [3.05, 3.63) is 30.1 Å². The first-order chi connectivity index (χ1) is 5.97. The lowest BCUT2D eigenvalue weighted by atomic mass is 10.0. The Kier molecular flexibility index (Phi) is 2.37. The Hall–Kier alpha value is -0.890. The maximum atomic E-state index is 5.64. The molecule has 1 aliphatic heterocycles. The number of hydrogen-bond acceptors (Lipinski definition) is 2. The molecule has 1 aliphatic rings. The minimum atomic E-state index is 0.321. The Morgan fingerprint density at radius 3 is 2.75 bits per heavy atom. The molecule has 2 heteroatoms. The van der Waals surface area contributed by atoms with Gasteiger partial charge in [0.1, 0.15) is 0 Å². The molecule has 2 heterocycles. The van der Waals surface area contributed by atoms with Gasteiger partial charge in [-0.05, 0) is 37.0 Å². The predicted molar refractivity (Wildman–Crippen MR) is 46.8 cm³/mol. The van der Waals surface area contributed by atoms with Gasteiger partial charge in [-0.1, -0.05) is 0 Å². The van der Waals surface area contributed by atoms with E-state index in [0.717, 1.165) is 13.0 Å². The van der Waals surface area contributed by atoms with Crippen molar-refractivity contribution < 1.29 is 4.74 Å². The summed E-state index contributed by atoms with van der Waals surface area (Å²) < 4.78 is 5.64. The summed E-state index contributed by atoms with van der Waals surface area (Å²) in [5, 5.41) is 0. The van der Waals surface area contributed by atoms with Crippen LogP contribution in [0.1, 0.15) is 30.9 Å². The Morgan fingerprint density at radius 1 is 1.25 bits per heavy atom. The highest BCUT2D eigenvalue weighted by molar-refractivity contribution is 5.13. The summed E-state index contributed by atoms with van der Waals surface area (Å²) >= 11 is 0. The zero-order valence-electron chi connectivity index (χ0n) is 7.07. The Bertz CT molecular complexity index is 229. The van der Waals surface area contributed by atoms with Crippen LogP contribution in [-0.4, -0.2) is 11.6 Å². The van der Waals surface area contributed by atoms with Crippen molar-refractivity contribution in [2.45, 2.75) is 25.4 Å². The first-order valence-electron chi connectivity index (χ1n) is 4.48. The van der Waals surface area contributed by atoms with Crippen LogP contribution in [-0.2, 0) is 4.74 Å². The molecule has 0 spiro atoms. The fourth-order valence-electron chi connectivity index (χ4n) is 1.58. The number of nitrogens with zero attached hydrogens (tertiary/aromatic N) is 1. The molecular formula is C10H13NO. The van der Waals surface area contributed by atoms with Gasteiger partial charge < -0.3 is 4.74 Å². The fraction of sp³-hybridized carbons (Fsp3) is 0.500. The maximum Gasteiger partial charge on any atom is 0.0826 e. The normalized spacial score (nSPS) is 23.8. The van der Waals surface area contributed by atoms with E-state index in [1.165, 1.54) is 18.4 Å². The van der Waals surface area contributed by atoms with Crippen LogP contribution >= 0.6 is 0 Å². The number of pyridine rings is 1. The number of aromatic nitrogens is 1. The molecule has 0 bridgehead atoms. The van der Waals surface area contributed by atoms with E-state index in [4.69, 9.17) is 4.74 Å². The number of rotatable bonds is 1. The van der Waals surface area contributed by atoms with Crippen molar-refractivity contribution in [3.8, 4) is 0 Å². The van der Waals surface area contributed by atoms with Crippen molar-refractivity contribution in [3.63, 3.8) is 0 Å². The van der Waals surface area contributed by atoms with E-state index in [-0.39, 0.29) is 0 Å². The first kappa shape index (κ1) is 7.74. The minimum absolute atomic E-state index is 0.321. The van der Waals surface area contributed by atoms with E-state index in [9.17, 15) is 0 Å². The largest absolute Gasteiger partial charge is 0.374 e. The van der Waals surface area contributed by atoms with E-state index in [1.54, 1.807) is 0 Å². The second-order valence-electron chi connectivity index (χ2n) is 3.14. The van der Waals surface area contributed by atoms with Crippen LogP contribution < -0.4 is 0 Å². The topological polar surface area (TPSA) is 22.1 Å². The van der Waals surface area contributed by atoms with E-state index in [2.05, 4.69) is 4.98 Å². The molecule has 12 heavy (non-hydrogen) atoms. The highest BCUT2D eigenvalue weighted by Crippen LogP contribution is 2.26. The highest BCUT2D eigenvalue weighted by Gasteiger charge is 2.14. The van der Waals surface area contributed by atoms with Gasteiger partial charge in [-0.15, -0.1) is 0 Å². The predicted octanol–water partition coefficient (Wildman–Crippen LogP) is 2.32. The van der Waals surface area contributed by atoms with Crippen molar-refractivity contribution in [1.82, 2.24) is 4.98 Å². The number of ether oxygens (including phenoxy) is 1. The minimum Gasteiger partial charge on any atom is -0.374 e. The molecule has 1 unspecified atom stereocenters. The van der Waals surface area contributed by atoms with Gasteiger partial charge in [0.15, 0.2) is 0 Å². The molecule has 0 amide bonds. The highest BCUT2D eigenvalue weighted by atomic mass is 16.5. The van der Waals surface area contributed by atoms with Crippen molar-refractivity contribution in [2.75, 3.05) is 6.61 Å². The van der Waals surface area contributed by atoms with Crippen LogP contribution in [0.5, 0.6) is 0 Å². The van der Waals surface area contributed by atoms with E-state index < -0.39 is 0 Å². The van der Waals surface area contributed by atoms with Gasteiger partial charge in [0.05, 0.1) is 6.10 Å². The monoisotopic (exact) mass is 163 g/mol. The van der Waals surface area contributed by atoms with E-state index in [1.807, 2.05) is 24.5 Å². The lowest BCUT2D eigenvalue weighted by Gasteiger charge is -2.22. The molecule has 1 fully saturated rings. The summed E-state index contributed by atoms with van der Waals surface area (Å²) in [6, 6.07) is 4.08. The lowest BCUT2D eigenvalue weighted by Crippen LogP contribution is -2.11. The lowest BCUT2D eigenvalue weighted by molar-refractivity contribution is 0.0149. The maximum absolute atomic E-state index is 5.64. The quantitative estimate of drug-likeness (QED) is 0.633. The van der Waals surface area contributed by atoms with Crippen LogP contribution in [0.3, 0.4) is 0 Å². The van der Waals surface area contributed by atoms with Gasteiger partial charge in [-0.3, -0.25) is 4.98 Å². The second kappa shape index (κ2) is 3.68. The molecule has 0 aliphatic carbocycles. The summed E-state index contributed by atoms with van der Waals surface area (Å²) in [7, 11) is 0. The number of hydrogen-bond donors (Lipinski definition) is 0. The third-order valence-electron chi connectivity index (χ3n) is 2.26. The van der Waals surface area contributed by atoms with Crippen LogP contribution in [0.25, 0.3) is 0 Å². The van der Waals surface area contributed by atoms with Crippen molar-refractivity contribution >= 4 is 0 Å². The molecule has 2 rings (SSSR count). The van der Waals surface area contributed by atoms with Gasteiger partial charge in [-0.2, -0.15) is 0 Å². The molecule has 0 radical (unpaired) electrons. The average Bonchev–Trinajstić information content (AvgIpc) is 2.21. The van der Waals surface area contributed by atoms with Crippen LogP contribution in [0.15, 0.2) is 24.5 Å². The van der Waals surface area contributed by atoms with Gasteiger partial charge in [0, 0.05) is 19.0 Å². The molecule has 2 nitrogen and oxygen atoms in total. The first-order valence-corrected chi connectivity index (χ1v) is 4.48. The molecule has 0 saturated carbocycles. The summed E-state index contributed by atoms with van der Waals surface area (Å²) in [4.78, 5) is 3.98. The molecule has 1 aromatic heterocycles. The average molecular weight is 163 g/mol. The zero-order valence-corrected chi connectivity index (χ0v) is 7.07. The SMILES string of the molecule is c1cc(C2CCCCO2)ccn1. The summed E-state index contributed by atoms with van der Waals surface area (Å²) in [6.07, 6.45) is 7.63. The van der Waals surface area contributed by atoms with Gasteiger partial charge >= 0.3 is 0 Å². The molecule has 0 aromatic carbocycles. The van der Waals surface area contributed by atoms with E-state index in [0.29, 0.717) is 6.10 Å². The van der Waals surface area contributed by atoms with Crippen molar-refractivity contribution in [2.24, 2.45) is 0 Å². The standard InChI is InChI=1S/C10H13NO/c1-2-8-12-10(3-1)9-4-6-11-7-5-9/h4-7,10H,1-3,8H2. The third kappa shape index (κ3) is 1.64. The van der Waals surface area contributed by atoms with Gasteiger partial charge in [-0.25, -0.2) is 0 Å². The molecule has 0 N–H and O–H groups in total. The molecular weight excluding hydrogens is 150 g/mol. The van der Waals surface area contributed by atoms with Crippen molar-refractivity contribution in [1.29, 1.82) is 0 Å². The second-order valence-corrected chi connectivity index (χ2v) is 3.14. The Labute approximate surface area is 72.6 Å². The molecule has 1 atom stereocenters. The van der Waals surface area contributed by atoms with Crippen LogP contribution in [0.4, 0.5) is 0 Å². The molecule has 1 aromatic rings. The van der Waals surface area contributed by atoms with E-state index >= 15 is 0 Å². The Morgan fingerprint density at radius 2 is 2.08 bits per heavy atom.